The highest BCUT2D eigenvalue weighted by atomic mass is 16.6. The van der Waals surface area contributed by atoms with Gasteiger partial charge in [0.25, 0.3) is 0 Å². The van der Waals surface area contributed by atoms with Crippen LogP contribution < -0.4 is 5.32 Å². The maximum absolute atomic E-state index is 13.2. The molecule has 0 aliphatic carbocycles. The van der Waals surface area contributed by atoms with Crippen molar-refractivity contribution < 1.29 is 28.6 Å². The fourth-order valence-electron chi connectivity index (χ4n) is 4.01. The van der Waals surface area contributed by atoms with E-state index in [1.54, 1.807) is 68.4 Å². The van der Waals surface area contributed by atoms with E-state index in [4.69, 9.17) is 14.2 Å². The molecule has 2 rings (SSSR count). The number of hydrogen-bond acceptors (Lipinski definition) is 6. The van der Waals surface area contributed by atoms with E-state index in [0.717, 1.165) is 5.56 Å². The summed E-state index contributed by atoms with van der Waals surface area (Å²) in [5.74, 6) is -0.265. The van der Waals surface area contributed by atoms with Crippen molar-refractivity contribution in [2.45, 2.75) is 103 Å². The van der Waals surface area contributed by atoms with Gasteiger partial charge >= 0.3 is 12.2 Å². The first kappa shape index (κ1) is 30.1. The van der Waals surface area contributed by atoms with Crippen molar-refractivity contribution in [3.63, 3.8) is 0 Å². The topological polar surface area (TPSA) is 94.2 Å². The Morgan fingerprint density at radius 1 is 1.03 bits per heavy atom. The quantitative estimate of drug-likeness (QED) is 0.350. The number of ether oxygens (including phenoxy) is 3. The van der Waals surface area contributed by atoms with Gasteiger partial charge in [0, 0.05) is 6.42 Å². The number of allylic oxidation sites excluding steroid dienone is 1. The molecule has 0 bridgehead atoms. The van der Waals surface area contributed by atoms with Crippen LogP contribution in [0.4, 0.5) is 9.59 Å². The number of carbonyl (C=O) groups is 3. The first-order chi connectivity index (χ1) is 16.9. The Hall–Kier alpha value is -3.13. The lowest BCUT2D eigenvalue weighted by atomic mass is 9.94. The molecule has 0 radical (unpaired) electrons. The SMILES string of the molecule is C=CC(C)(CC(=O)/C=C/[C@@H]1[C@@H](c2ccccc2)OC(C)(C)N1C(=O)OC(C)(C)C)NC(=O)OC(C)(C)C. The van der Waals surface area contributed by atoms with Crippen LogP contribution in [0.1, 0.15) is 80.4 Å². The Morgan fingerprint density at radius 3 is 2.11 bits per heavy atom. The van der Waals surface area contributed by atoms with Crippen molar-refractivity contribution in [3.8, 4) is 0 Å². The second-order valence-corrected chi connectivity index (χ2v) is 12.0. The van der Waals surface area contributed by atoms with E-state index in [1.165, 1.54) is 17.1 Å². The molecule has 37 heavy (non-hydrogen) atoms. The van der Waals surface area contributed by atoms with E-state index >= 15 is 0 Å². The van der Waals surface area contributed by atoms with Crippen molar-refractivity contribution in [1.82, 2.24) is 10.2 Å². The number of benzene rings is 1. The minimum atomic E-state index is -1.03. The third-order valence-corrected chi connectivity index (χ3v) is 5.58. The highest BCUT2D eigenvalue weighted by Gasteiger charge is 2.50. The number of hydrogen-bond donors (Lipinski definition) is 1. The summed E-state index contributed by atoms with van der Waals surface area (Å²) in [5.41, 5.74) is -2.54. The molecule has 204 valence electrons. The summed E-state index contributed by atoms with van der Waals surface area (Å²) in [6.45, 7) is 19.7. The smallest absolute Gasteiger partial charge is 0.413 e. The fraction of sp³-hybridized carbons (Fsp3) is 0.552. The molecule has 1 aromatic rings. The third kappa shape index (κ3) is 8.74. The molecule has 1 aromatic carbocycles. The van der Waals surface area contributed by atoms with Gasteiger partial charge < -0.3 is 19.5 Å². The van der Waals surface area contributed by atoms with E-state index in [2.05, 4.69) is 11.9 Å². The molecular formula is C29H42N2O6. The molecule has 3 atom stereocenters. The molecule has 8 heteroatoms. The summed E-state index contributed by atoms with van der Waals surface area (Å²) < 4.78 is 17.3. The average molecular weight is 515 g/mol. The first-order valence-electron chi connectivity index (χ1n) is 12.5. The molecule has 0 aromatic heterocycles. The van der Waals surface area contributed by atoms with Gasteiger partial charge in [-0.2, -0.15) is 0 Å². The molecule has 1 aliphatic heterocycles. The van der Waals surface area contributed by atoms with Gasteiger partial charge in [0.15, 0.2) is 5.78 Å². The Labute approximate surface area is 221 Å². The van der Waals surface area contributed by atoms with Gasteiger partial charge in [-0.05, 0) is 74.0 Å². The summed E-state index contributed by atoms with van der Waals surface area (Å²) in [6.07, 6.45) is 2.84. The average Bonchev–Trinajstić information content (AvgIpc) is 3.00. The van der Waals surface area contributed by atoms with E-state index < -0.39 is 46.8 Å². The zero-order valence-corrected chi connectivity index (χ0v) is 23.6. The highest BCUT2D eigenvalue weighted by molar-refractivity contribution is 5.91. The van der Waals surface area contributed by atoms with Crippen molar-refractivity contribution in [1.29, 1.82) is 0 Å². The number of rotatable bonds is 7. The third-order valence-electron chi connectivity index (χ3n) is 5.58. The second kappa shape index (κ2) is 11.1. The molecule has 1 aliphatic rings. The van der Waals surface area contributed by atoms with Gasteiger partial charge in [-0.3, -0.25) is 9.69 Å². The fourth-order valence-corrected chi connectivity index (χ4v) is 4.01. The monoisotopic (exact) mass is 514 g/mol. The maximum atomic E-state index is 13.2. The zero-order chi connectivity index (χ0) is 28.2. The predicted octanol–water partition coefficient (Wildman–Crippen LogP) is 6.08. The van der Waals surface area contributed by atoms with Crippen LogP contribution in [-0.2, 0) is 19.0 Å². The summed E-state index contributed by atoms with van der Waals surface area (Å²) in [4.78, 5) is 40.1. The molecule has 0 spiro atoms. The predicted molar refractivity (Wildman–Crippen MR) is 143 cm³/mol. The molecular weight excluding hydrogens is 472 g/mol. The molecule has 1 N–H and O–H groups in total. The van der Waals surface area contributed by atoms with Crippen LogP contribution in [-0.4, -0.2) is 51.4 Å². The standard InChI is InChI=1S/C29H42N2O6/c1-11-29(10,30-24(33)36-26(2,3)4)19-21(32)17-18-22-23(20-15-13-12-14-16-20)35-28(8,9)31(22)25(34)37-27(5,6)7/h11-18,22-23H,1,19H2,2-10H3,(H,30,33)/b18-17+/t22-,23-,29?/m1/s1. The summed E-state index contributed by atoms with van der Waals surface area (Å²) >= 11 is 0. The van der Waals surface area contributed by atoms with E-state index in [-0.39, 0.29) is 12.2 Å². The number of nitrogens with zero attached hydrogens (tertiary/aromatic N) is 1. The minimum Gasteiger partial charge on any atom is -0.444 e. The van der Waals surface area contributed by atoms with Crippen LogP contribution in [0, 0.1) is 0 Å². The van der Waals surface area contributed by atoms with Gasteiger partial charge in [-0.15, -0.1) is 6.58 Å². The van der Waals surface area contributed by atoms with Crippen LogP contribution in [0.15, 0.2) is 55.1 Å². The second-order valence-electron chi connectivity index (χ2n) is 12.0. The highest BCUT2D eigenvalue weighted by Crippen LogP contribution is 2.42. The molecule has 1 saturated heterocycles. The lowest BCUT2D eigenvalue weighted by Gasteiger charge is -2.34. The van der Waals surface area contributed by atoms with Gasteiger partial charge in [-0.25, -0.2) is 9.59 Å². The number of nitrogens with one attached hydrogen (secondary N) is 1. The van der Waals surface area contributed by atoms with Crippen LogP contribution in [0.25, 0.3) is 0 Å². The first-order valence-corrected chi connectivity index (χ1v) is 12.5. The van der Waals surface area contributed by atoms with E-state index in [1.807, 2.05) is 30.3 Å². The van der Waals surface area contributed by atoms with Gasteiger partial charge in [0.05, 0.1) is 11.6 Å². The van der Waals surface area contributed by atoms with Crippen LogP contribution in [0.3, 0.4) is 0 Å². The maximum Gasteiger partial charge on any atom is 0.413 e. The van der Waals surface area contributed by atoms with E-state index in [9.17, 15) is 14.4 Å². The van der Waals surface area contributed by atoms with Crippen LogP contribution in [0.5, 0.6) is 0 Å². The van der Waals surface area contributed by atoms with E-state index in [0.29, 0.717) is 0 Å². The molecule has 2 amide bonds. The van der Waals surface area contributed by atoms with Gasteiger partial charge in [0.2, 0.25) is 0 Å². The largest absolute Gasteiger partial charge is 0.444 e. The number of ketones is 1. The molecule has 1 unspecified atom stereocenters. The number of alkyl carbamates (subject to hydrolysis) is 1. The molecule has 1 heterocycles. The van der Waals surface area contributed by atoms with Crippen molar-refractivity contribution in [2.24, 2.45) is 0 Å². The Balaban J connectivity index is 2.32. The van der Waals surface area contributed by atoms with Crippen molar-refractivity contribution in [2.75, 3.05) is 0 Å². The summed E-state index contributed by atoms with van der Waals surface area (Å²) in [7, 11) is 0. The van der Waals surface area contributed by atoms with Crippen molar-refractivity contribution >= 4 is 18.0 Å². The van der Waals surface area contributed by atoms with Gasteiger partial charge in [0.1, 0.15) is 23.0 Å². The molecule has 8 nitrogen and oxygen atoms in total. The molecule has 0 saturated carbocycles. The Morgan fingerprint density at radius 2 is 1.59 bits per heavy atom. The Bertz CT molecular complexity index is 1020. The normalized spacial score (nSPS) is 21.3. The number of carbonyl (C=O) groups excluding carboxylic acids is 3. The lowest BCUT2D eigenvalue weighted by Crippen LogP contribution is -2.49. The summed E-state index contributed by atoms with van der Waals surface area (Å²) in [6, 6.07) is 8.92. The lowest BCUT2D eigenvalue weighted by molar-refractivity contribution is -0.115. The van der Waals surface area contributed by atoms with Gasteiger partial charge in [-0.1, -0.05) is 42.5 Å². The van der Waals surface area contributed by atoms with Crippen LogP contribution in [0.2, 0.25) is 0 Å². The zero-order valence-electron chi connectivity index (χ0n) is 23.6. The van der Waals surface area contributed by atoms with Crippen molar-refractivity contribution in [3.05, 3.63) is 60.7 Å². The minimum absolute atomic E-state index is 0.0499. The number of amides is 2. The summed E-state index contributed by atoms with van der Waals surface area (Å²) in [5, 5.41) is 2.72. The Kier molecular flexibility index (Phi) is 9.02. The van der Waals surface area contributed by atoms with Crippen LogP contribution >= 0.6 is 0 Å². The molecule has 1 fully saturated rings.